The van der Waals surface area contributed by atoms with E-state index < -0.39 is 5.69 Å². The summed E-state index contributed by atoms with van der Waals surface area (Å²) in [7, 11) is 1.47. The number of anilines is 2. The van der Waals surface area contributed by atoms with Gasteiger partial charge in [-0.3, -0.25) is 13.9 Å². The number of rotatable bonds is 4. The van der Waals surface area contributed by atoms with Crippen LogP contribution < -0.4 is 21.9 Å². The van der Waals surface area contributed by atoms with Crippen LogP contribution in [0.5, 0.6) is 0 Å². The Bertz CT molecular complexity index is 857. The quantitative estimate of drug-likeness (QED) is 0.837. The fourth-order valence-electron chi connectivity index (χ4n) is 3.40. The number of benzene rings is 1. The second-order valence-electron chi connectivity index (χ2n) is 6.59. The van der Waals surface area contributed by atoms with Gasteiger partial charge in [0, 0.05) is 26.7 Å². The highest BCUT2D eigenvalue weighted by molar-refractivity contribution is 5.63. The molecule has 1 atom stereocenters. The van der Waals surface area contributed by atoms with Gasteiger partial charge in [0.1, 0.15) is 11.5 Å². The van der Waals surface area contributed by atoms with Gasteiger partial charge in [-0.25, -0.2) is 4.79 Å². The third-order valence-corrected chi connectivity index (χ3v) is 4.84. The summed E-state index contributed by atoms with van der Waals surface area (Å²) in [6.45, 7) is 1.66. The minimum absolute atomic E-state index is 0.0837. The van der Waals surface area contributed by atoms with E-state index in [1.54, 1.807) is 0 Å². The van der Waals surface area contributed by atoms with Gasteiger partial charge in [-0.15, -0.1) is 0 Å². The number of hydrogen-bond acceptors (Lipinski definition) is 5. The van der Waals surface area contributed by atoms with Crippen LogP contribution in [0.15, 0.2) is 39.9 Å². The van der Waals surface area contributed by atoms with Gasteiger partial charge in [-0.05, 0) is 24.3 Å². The van der Waals surface area contributed by atoms with E-state index in [2.05, 4.69) is 0 Å². The molecule has 0 saturated carbocycles. The van der Waals surface area contributed by atoms with Crippen LogP contribution in [0.3, 0.4) is 0 Å². The van der Waals surface area contributed by atoms with Crippen molar-refractivity contribution >= 4 is 11.5 Å². The molecule has 134 valence electrons. The van der Waals surface area contributed by atoms with E-state index in [-0.39, 0.29) is 23.9 Å². The van der Waals surface area contributed by atoms with Crippen LogP contribution >= 0.6 is 0 Å². The van der Waals surface area contributed by atoms with E-state index in [4.69, 9.17) is 5.73 Å². The maximum atomic E-state index is 12.7. The first-order chi connectivity index (χ1) is 12.0. The number of nitrogen functional groups attached to an aromatic ring is 1. The molecule has 3 N–H and O–H groups in total. The normalized spacial score (nSPS) is 17.7. The molecule has 1 saturated heterocycles. The monoisotopic (exact) mass is 344 g/mol. The Morgan fingerprint density at radius 2 is 1.96 bits per heavy atom. The molecule has 1 unspecified atom stereocenters. The molecule has 1 aliphatic heterocycles. The molecule has 25 heavy (non-hydrogen) atoms. The smallest absolute Gasteiger partial charge is 0.332 e. The molecule has 1 aliphatic rings. The lowest BCUT2D eigenvalue weighted by Gasteiger charge is -2.34. The SMILES string of the molecule is Cn1c(=O)c(N2CCCC(CO)C2)c(N)n(Cc2ccccc2)c1=O. The molecule has 0 spiro atoms. The van der Waals surface area contributed by atoms with E-state index in [9.17, 15) is 14.7 Å². The van der Waals surface area contributed by atoms with Crippen molar-refractivity contribution < 1.29 is 5.11 Å². The molecule has 1 aromatic carbocycles. The summed E-state index contributed by atoms with van der Waals surface area (Å²) in [5, 5.41) is 9.45. The summed E-state index contributed by atoms with van der Waals surface area (Å²) >= 11 is 0. The number of hydrogen-bond donors (Lipinski definition) is 2. The molecule has 2 aromatic rings. The van der Waals surface area contributed by atoms with Crippen molar-refractivity contribution in [2.24, 2.45) is 13.0 Å². The molecule has 1 fully saturated rings. The minimum atomic E-state index is -0.425. The lowest BCUT2D eigenvalue weighted by molar-refractivity contribution is 0.208. The summed E-state index contributed by atoms with van der Waals surface area (Å²) < 4.78 is 2.55. The highest BCUT2D eigenvalue weighted by Gasteiger charge is 2.26. The van der Waals surface area contributed by atoms with E-state index in [1.807, 2.05) is 35.2 Å². The molecular weight excluding hydrogens is 320 g/mol. The first-order valence-corrected chi connectivity index (χ1v) is 8.52. The predicted octanol–water partition coefficient (Wildman–Crippen LogP) is 0.386. The van der Waals surface area contributed by atoms with Crippen molar-refractivity contribution in [3.63, 3.8) is 0 Å². The van der Waals surface area contributed by atoms with Crippen LogP contribution in [0.1, 0.15) is 18.4 Å². The maximum absolute atomic E-state index is 12.7. The third kappa shape index (κ3) is 3.32. The lowest BCUT2D eigenvalue weighted by atomic mass is 9.99. The molecule has 0 radical (unpaired) electrons. The Kier molecular flexibility index (Phi) is 4.94. The second kappa shape index (κ2) is 7.14. The average Bonchev–Trinajstić information content (AvgIpc) is 2.65. The Labute approximate surface area is 145 Å². The summed E-state index contributed by atoms with van der Waals surface area (Å²) in [6, 6.07) is 9.54. The van der Waals surface area contributed by atoms with Crippen molar-refractivity contribution in [3.8, 4) is 0 Å². The molecule has 0 aliphatic carbocycles. The lowest BCUT2D eigenvalue weighted by Crippen LogP contribution is -2.46. The van der Waals surface area contributed by atoms with Crippen molar-refractivity contribution in [3.05, 3.63) is 56.7 Å². The number of nitrogens with two attached hydrogens (primary N) is 1. The fraction of sp³-hybridized carbons (Fsp3) is 0.444. The Balaban J connectivity index is 2.07. The van der Waals surface area contributed by atoms with Gasteiger partial charge >= 0.3 is 5.69 Å². The topological polar surface area (TPSA) is 93.5 Å². The van der Waals surface area contributed by atoms with Crippen LogP contribution in [0.25, 0.3) is 0 Å². The molecule has 0 bridgehead atoms. The number of aliphatic hydroxyl groups is 1. The van der Waals surface area contributed by atoms with Gasteiger partial charge in [-0.2, -0.15) is 0 Å². The summed E-state index contributed by atoms with van der Waals surface area (Å²) in [5.74, 6) is 0.308. The summed E-state index contributed by atoms with van der Waals surface area (Å²) in [5.41, 5.74) is 6.75. The highest BCUT2D eigenvalue weighted by atomic mass is 16.3. The van der Waals surface area contributed by atoms with Gasteiger partial charge in [0.2, 0.25) is 0 Å². The van der Waals surface area contributed by atoms with E-state index in [0.29, 0.717) is 25.3 Å². The number of aliphatic hydroxyl groups excluding tert-OH is 1. The summed E-state index contributed by atoms with van der Waals surface area (Å²) in [6.07, 6.45) is 1.81. The molecule has 7 heteroatoms. The summed E-state index contributed by atoms with van der Waals surface area (Å²) in [4.78, 5) is 27.1. The number of aromatic nitrogens is 2. The van der Waals surface area contributed by atoms with Crippen LogP contribution in [-0.4, -0.2) is 33.9 Å². The van der Waals surface area contributed by atoms with E-state index in [1.165, 1.54) is 11.6 Å². The van der Waals surface area contributed by atoms with Crippen LogP contribution in [0.4, 0.5) is 11.5 Å². The van der Waals surface area contributed by atoms with Crippen molar-refractivity contribution in [2.45, 2.75) is 19.4 Å². The number of nitrogens with zero attached hydrogens (tertiary/aromatic N) is 3. The third-order valence-electron chi connectivity index (χ3n) is 4.84. The Hall–Kier alpha value is -2.54. The van der Waals surface area contributed by atoms with E-state index in [0.717, 1.165) is 23.0 Å². The van der Waals surface area contributed by atoms with Crippen LogP contribution in [0.2, 0.25) is 0 Å². The second-order valence-corrected chi connectivity index (χ2v) is 6.59. The standard InChI is InChI=1S/C18H24N4O3/c1-20-17(24)15(21-9-5-8-14(10-21)12-23)16(19)22(18(20)25)11-13-6-3-2-4-7-13/h2-4,6-7,14,23H,5,8-12,19H2,1H3. The Morgan fingerprint density at radius 1 is 1.24 bits per heavy atom. The zero-order chi connectivity index (χ0) is 18.0. The minimum Gasteiger partial charge on any atom is -0.396 e. The fourth-order valence-corrected chi connectivity index (χ4v) is 3.40. The predicted molar refractivity (Wildman–Crippen MR) is 97.9 cm³/mol. The van der Waals surface area contributed by atoms with Gasteiger partial charge in [0.15, 0.2) is 0 Å². The first kappa shape index (κ1) is 17.3. The van der Waals surface area contributed by atoms with Crippen molar-refractivity contribution in [1.82, 2.24) is 9.13 Å². The molecular formula is C18H24N4O3. The molecule has 1 aromatic heterocycles. The van der Waals surface area contributed by atoms with Gasteiger partial charge in [0.05, 0.1) is 6.54 Å². The molecule has 3 rings (SSSR count). The molecule has 2 heterocycles. The van der Waals surface area contributed by atoms with Crippen molar-refractivity contribution in [1.29, 1.82) is 0 Å². The number of piperidine rings is 1. The van der Waals surface area contributed by atoms with Crippen molar-refractivity contribution in [2.75, 3.05) is 30.3 Å². The van der Waals surface area contributed by atoms with Crippen LogP contribution in [-0.2, 0) is 13.6 Å². The first-order valence-electron chi connectivity index (χ1n) is 8.52. The Morgan fingerprint density at radius 3 is 2.64 bits per heavy atom. The van der Waals surface area contributed by atoms with E-state index >= 15 is 0 Å². The highest BCUT2D eigenvalue weighted by Crippen LogP contribution is 2.24. The van der Waals surface area contributed by atoms with Gasteiger partial charge < -0.3 is 15.7 Å². The van der Waals surface area contributed by atoms with Gasteiger partial charge in [-0.1, -0.05) is 30.3 Å². The zero-order valence-electron chi connectivity index (χ0n) is 14.4. The van der Waals surface area contributed by atoms with Gasteiger partial charge in [0.25, 0.3) is 5.56 Å². The molecule has 7 nitrogen and oxygen atoms in total. The van der Waals surface area contributed by atoms with Crippen LogP contribution in [0, 0.1) is 5.92 Å². The maximum Gasteiger partial charge on any atom is 0.332 e. The average molecular weight is 344 g/mol. The zero-order valence-corrected chi connectivity index (χ0v) is 14.4. The largest absolute Gasteiger partial charge is 0.396 e. The molecule has 0 amide bonds.